The van der Waals surface area contributed by atoms with Crippen LogP contribution < -0.4 is 5.73 Å². The number of H-pyrrole nitrogens is 1. The summed E-state index contributed by atoms with van der Waals surface area (Å²) in [6, 6.07) is 0. The SMILES string of the molecule is Cc1nc(CN(C)C(=O)C(C)CCCN)n[nH]1. The molecular weight excluding hydrogens is 218 g/mol. The van der Waals surface area contributed by atoms with Crippen LogP contribution >= 0.6 is 0 Å². The van der Waals surface area contributed by atoms with Crippen molar-refractivity contribution in [2.24, 2.45) is 11.7 Å². The Morgan fingerprint density at radius 1 is 1.59 bits per heavy atom. The van der Waals surface area contributed by atoms with Crippen LogP contribution in [0.15, 0.2) is 0 Å². The van der Waals surface area contributed by atoms with E-state index in [4.69, 9.17) is 5.73 Å². The maximum atomic E-state index is 12.0. The smallest absolute Gasteiger partial charge is 0.225 e. The number of rotatable bonds is 6. The number of hydrogen-bond donors (Lipinski definition) is 2. The maximum Gasteiger partial charge on any atom is 0.225 e. The summed E-state index contributed by atoms with van der Waals surface area (Å²) in [5.74, 6) is 1.52. The van der Waals surface area contributed by atoms with E-state index >= 15 is 0 Å². The van der Waals surface area contributed by atoms with Gasteiger partial charge in [-0.05, 0) is 26.3 Å². The van der Waals surface area contributed by atoms with Crippen LogP contribution in [0.25, 0.3) is 0 Å². The first kappa shape index (κ1) is 13.6. The number of aromatic amines is 1. The van der Waals surface area contributed by atoms with Crippen molar-refractivity contribution in [1.82, 2.24) is 20.1 Å². The van der Waals surface area contributed by atoms with Crippen LogP contribution in [0.4, 0.5) is 0 Å². The number of aromatic nitrogens is 3. The summed E-state index contributed by atoms with van der Waals surface area (Å²) in [5, 5.41) is 6.77. The first-order valence-electron chi connectivity index (χ1n) is 5.87. The summed E-state index contributed by atoms with van der Waals surface area (Å²) in [7, 11) is 1.77. The van der Waals surface area contributed by atoms with Crippen molar-refractivity contribution >= 4 is 5.91 Å². The summed E-state index contributed by atoms with van der Waals surface area (Å²) in [6.07, 6.45) is 1.70. The summed E-state index contributed by atoms with van der Waals surface area (Å²) in [5.41, 5.74) is 5.43. The lowest BCUT2D eigenvalue weighted by Crippen LogP contribution is -2.31. The third-order valence-corrected chi connectivity index (χ3v) is 2.66. The Balaban J connectivity index is 2.46. The molecule has 1 amide bonds. The minimum Gasteiger partial charge on any atom is -0.338 e. The van der Waals surface area contributed by atoms with E-state index in [9.17, 15) is 4.79 Å². The van der Waals surface area contributed by atoms with Crippen LogP contribution in [0.3, 0.4) is 0 Å². The summed E-state index contributed by atoms with van der Waals surface area (Å²) < 4.78 is 0. The van der Waals surface area contributed by atoms with Crippen molar-refractivity contribution in [1.29, 1.82) is 0 Å². The fourth-order valence-corrected chi connectivity index (χ4v) is 1.67. The molecule has 0 saturated carbocycles. The zero-order valence-electron chi connectivity index (χ0n) is 10.7. The molecule has 0 bridgehead atoms. The van der Waals surface area contributed by atoms with E-state index in [1.807, 2.05) is 13.8 Å². The molecule has 0 aromatic carbocycles. The number of aryl methyl sites for hydroxylation is 1. The van der Waals surface area contributed by atoms with Crippen molar-refractivity contribution in [3.8, 4) is 0 Å². The molecule has 1 rings (SSSR count). The van der Waals surface area contributed by atoms with Crippen molar-refractivity contribution in [2.75, 3.05) is 13.6 Å². The molecule has 1 aromatic heterocycles. The number of hydrogen-bond acceptors (Lipinski definition) is 4. The van der Waals surface area contributed by atoms with E-state index in [0.29, 0.717) is 18.9 Å². The van der Waals surface area contributed by atoms with Gasteiger partial charge < -0.3 is 10.6 Å². The van der Waals surface area contributed by atoms with Gasteiger partial charge in [-0.15, -0.1) is 0 Å². The Hall–Kier alpha value is -1.43. The lowest BCUT2D eigenvalue weighted by atomic mass is 10.0. The highest BCUT2D eigenvalue weighted by molar-refractivity contribution is 5.78. The summed E-state index contributed by atoms with van der Waals surface area (Å²) in [4.78, 5) is 17.8. The van der Waals surface area contributed by atoms with Gasteiger partial charge in [-0.1, -0.05) is 6.92 Å². The number of nitrogens with one attached hydrogen (secondary N) is 1. The van der Waals surface area contributed by atoms with Gasteiger partial charge in [0.15, 0.2) is 5.82 Å². The molecule has 1 atom stereocenters. The van der Waals surface area contributed by atoms with Crippen molar-refractivity contribution < 1.29 is 4.79 Å². The van der Waals surface area contributed by atoms with E-state index in [1.54, 1.807) is 11.9 Å². The van der Waals surface area contributed by atoms with Crippen LogP contribution in [-0.2, 0) is 11.3 Å². The lowest BCUT2D eigenvalue weighted by Gasteiger charge is -2.19. The van der Waals surface area contributed by atoms with E-state index < -0.39 is 0 Å². The molecule has 6 heteroatoms. The van der Waals surface area contributed by atoms with Gasteiger partial charge in [-0.2, -0.15) is 5.10 Å². The quantitative estimate of drug-likeness (QED) is 0.754. The molecule has 0 aliphatic carbocycles. The van der Waals surface area contributed by atoms with Crippen LogP contribution in [0.2, 0.25) is 0 Å². The molecule has 96 valence electrons. The van der Waals surface area contributed by atoms with Gasteiger partial charge in [0.05, 0.1) is 6.54 Å². The third kappa shape index (κ3) is 4.14. The standard InChI is InChI=1S/C11H21N5O/c1-8(5-4-6-12)11(17)16(3)7-10-13-9(2)14-15-10/h8H,4-7,12H2,1-3H3,(H,13,14,15). The average Bonchev–Trinajstić information content (AvgIpc) is 2.70. The first-order valence-corrected chi connectivity index (χ1v) is 5.87. The van der Waals surface area contributed by atoms with Crippen molar-refractivity contribution in [3.05, 3.63) is 11.6 Å². The van der Waals surface area contributed by atoms with Gasteiger partial charge >= 0.3 is 0 Å². The van der Waals surface area contributed by atoms with Gasteiger partial charge in [0, 0.05) is 13.0 Å². The lowest BCUT2D eigenvalue weighted by molar-refractivity contribution is -0.134. The molecule has 1 heterocycles. The van der Waals surface area contributed by atoms with E-state index in [2.05, 4.69) is 15.2 Å². The Labute approximate surface area is 102 Å². The van der Waals surface area contributed by atoms with E-state index in [0.717, 1.165) is 18.7 Å². The summed E-state index contributed by atoms with van der Waals surface area (Å²) in [6.45, 7) is 4.83. The molecule has 0 radical (unpaired) electrons. The van der Waals surface area contributed by atoms with E-state index in [-0.39, 0.29) is 11.8 Å². The zero-order valence-corrected chi connectivity index (χ0v) is 10.7. The monoisotopic (exact) mass is 239 g/mol. The molecule has 0 aliphatic heterocycles. The Bertz CT molecular complexity index is 362. The van der Waals surface area contributed by atoms with Crippen LogP contribution in [-0.4, -0.2) is 39.6 Å². The first-order chi connectivity index (χ1) is 8.04. The predicted octanol–water partition coefficient (Wildman–Crippen LogP) is 0.447. The normalized spacial score (nSPS) is 12.5. The van der Waals surface area contributed by atoms with Crippen LogP contribution in [0, 0.1) is 12.8 Å². The maximum absolute atomic E-state index is 12.0. The minimum absolute atomic E-state index is 0.00332. The molecule has 1 unspecified atom stereocenters. The topological polar surface area (TPSA) is 87.9 Å². The molecule has 0 spiro atoms. The highest BCUT2D eigenvalue weighted by atomic mass is 16.2. The van der Waals surface area contributed by atoms with Crippen molar-refractivity contribution in [3.63, 3.8) is 0 Å². The van der Waals surface area contributed by atoms with Gasteiger partial charge in [0.1, 0.15) is 5.82 Å². The van der Waals surface area contributed by atoms with Crippen molar-refractivity contribution in [2.45, 2.75) is 33.2 Å². The highest BCUT2D eigenvalue weighted by Gasteiger charge is 2.18. The van der Waals surface area contributed by atoms with Gasteiger partial charge in [0.25, 0.3) is 0 Å². The van der Waals surface area contributed by atoms with E-state index in [1.165, 1.54) is 0 Å². The fourth-order valence-electron chi connectivity index (χ4n) is 1.67. The second-order valence-corrected chi connectivity index (χ2v) is 4.36. The number of nitrogens with two attached hydrogens (primary N) is 1. The third-order valence-electron chi connectivity index (χ3n) is 2.66. The minimum atomic E-state index is 0.00332. The highest BCUT2D eigenvalue weighted by Crippen LogP contribution is 2.09. The number of nitrogens with zero attached hydrogens (tertiary/aromatic N) is 3. The van der Waals surface area contributed by atoms with Crippen LogP contribution in [0.1, 0.15) is 31.4 Å². The van der Waals surface area contributed by atoms with Gasteiger partial charge in [-0.25, -0.2) is 4.98 Å². The summed E-state index contributed by atoms with van der Waals surface area (Å²) >= 11 is 0. The Kier molecular flexibility index (Phi) is 5.09. The molecule has 0 fully saturated rings. The Morgan fingerprint density at radius 3 is 2.82 bits per heavy atom. The number of amides is 1. The molecule has 6 nitrogen and oxygen atoms in total. The molecule has 0 saturated heterocycles. The van der Waals surface area contributed by atoms with Crippen LogP contribution in [0.5, 0.6) is 0 Å². The molecular formula is C11H21N5O. The molecule has 0 aliphatic rings. The largest absolute Gasteiger partial charge is 0.338 e. The van der Waals surface area contributed by atoms with Gasteiger partial charge in [-0.3, -0.25) is 9.89 Å². The molecule has 3 N–H and O–H groups in total. The molecule has 17 heavy (non-hydrogen) atoms. The second kappa shape index (κ2) is 6.34. The predicted molar refractivity (Wildman–Crippen MR) is 65.0 cm³/mol. The number of carbonyl (C=O) groups is 1. The molecule has 1 aromatic rings. The zero-order chi connectivity index (χ0) is 12.8. The van der Waals surface area contributed by atoms with Gasteiger partial charge in [0.2, 0.25) is 5.91 Å². The Morgan fingerprint density at radius 2 is 2.29 bits per heavy atom. The average molecular weight is 239 g/mol. The fraction of sp³-hybridized carbons (Fsp3) is 0.727. The number of carbonyl (C=O) groups excluding carboxylic acids is 1. The second-order valence-electron chi connectivity index (χ2n) is 4.36.